The average Bonchev–Trinajstić information content (AvgIpc) is 2.39. The molecule has 0 fully saturated rings. The number of carbonyl (C=O) groups is 2. The molecule has 1 aromatic rings. The highest BCUT2D eigenvalue weighted by Gasteiger charge is 2.05. The quantitative estimate of drug-likeness (QED) is 0.290. The zero-order valence-electron chi connectivity index (χ0n) is 10.5. The lowest BCUT2D eigenvalue weighted by Gasteiger charge is -2.05. The van der Waals surface area contributed by atoms with E-state index in [1.807, 2.05) is 5.48 Å². The van der Waals surface area contributed by atoms with Crippen LogP contribution < -0.4 is 10.2 Å². The predicted octanol–water partition coefficient (Wildman–Crippen LogP) is 2.43. The lowest BCUT2D eigenvalue weighted by molar-refractivity contribution is -0.137. The number of rotatable bonds is 8. The number of nitrogens with one attached hydrogen (secondary N) is 1. The van der Waals surface area contributed by atoms with E-state index in [-0.39, 0.29) is 18.8 Å². The summed E-state index contributed by atoms with van der Waals surface area (Å²) in [4.78, 5) is 21.7. The van der Waals surface area contributed by atoms with Crippen molar-refractivity contribution < 1.29 is 24.6 Å². The van der Waals surface area contributed by atoms with Crippen LogP contribution in [-0.4, -0.2) is 22.3 Å². The molecular weight excluding hydrogens is 250 g/mol. The van der Waals surface area contributed by atoms with Gasteiger partial charge < -0.3 is 9.84 Å². The van der Waals surface area contributed by atoms with Gasteiger partial charge in [0.15, 0.2) is 0 Å². The van der Waals surface area contributed by atoms with Crippen LogP contribution in [0.1, 0.15) is 32.1 Å². The standard InChI is InChI=1S/C13H17NO5/c15-12(16)4-2-1-3-5-13(17)19-11-8-6-10(14-18)7-9-11/h6-9,14,18H,1-5H2,(H,15,16). The number of unbranched alkanes of at least 4 members (excludes halogenated alkanes) is 2. The van der Waals surface area contributed by atoms with Crippen LogP contribution in [0.5, 0.6) is 5.75 Å². The second-order valence-electron chi connectivity index (χ2n) is 4.06. The van der Waals surface area contributed by atoms with Gasteiger partial charge in [0.25, 0.3) is 0 Å². The van der Waals surface area contributed by atoms with Gasteiger partial charge in [-0.3, -0.25) is 20.3 Å². The van der Waals surface area contributed by atoms with Gasteiger partial charge in [-0.2, -0.15) is 0 Å². The molecular formula is C13H17NO5. The Morgan fingerprint density at radius 2 is 1.68 bits per heavy atom. The summed E-state index contributed by atoms with van der Waals surface area (Å²) in [5.74, 6) is -0.755. The normalized spacial score (nSPS) is 9.95. The summed E-state index contributed by atoms with van der Waals surface area (Å²) in [5, 5.41) is 17.1. The Morgan fingerprint density at radius 3 is 2.26 bits per heavy atom. The molecule has 0 radical (unpaired) electrons. The Labute approximate surface area is 111 Å². The Morgan fingerprint density at radius 1 is 1.05 bits per heavy atom. The largest absolute Gasteiger partial charge is 0.481 e. The summed E-state index contributed by atoms with van der Waals surface area (Å²) in [6.45, 7) is 0. The molecule has 0 aliphatic rings. The summed E-state index contributed by atoms with van der Waals surface area (Å²) in [7, 11) is 0. The van der Waals surface area contributed by atoms with Crippen LogP contribution in [0.4, 0.5) is 5.69 Å². The number of esters is 1. The molecule has 0 aliphatic heterocycles. The third-order valence-corrected chi connectivity index (χ3v) is 2.49. The van der Waals surface area contributed by atoms with Crippen molar-refractivity contribution in [2.45, 2.75) is 32.1 Å². The first kappa shape index (κ1) is 15.0. The number of ether oxygens (including phenoxy) is 1. The molecule has 0 saturated heterocycles. The lowest BCUT2D eigenvalue weighted by atomic mass is 10.1. The van der Waals surface area contributed by atoms with E-state index in [1.54, 1.807) is 24.3 Å². The number of hydrogen-bond acceptors (Lipinski definition) is 5. The Hall–Kier alpha value is -2.08. The average molecular weight is 267 g/mol. The minimum Gasteiger partial charge on any atom is -0.481 e. The smallest absolute Gasteiger partial charge is 0.311 e. The van der Waals surface area contributed by atoms with Gasteiger partial charge in [-0.1, -0.05) is 6.42 Å². The lowest BCUT2D eigenvalue weighted by Crippen LogP contribution is -2.07. The maximum absolute atomic E-state index is 11.5. The molecule has 0 atom stereocenters. The van der Waals surface area contributed by atoms with E-state index in [1.165, 1.54) is 0 Å². The third-order valence-electron chi connectivity index (χ3n) is 2.49. The first-order chi connectivity index (χ1) is 9.11. The number of benzene rings is 1. The number of aliphatic carboxylic acids is 1. The van der Waals surface area contributed by atoms with E-state index in [0.29, 0.717) is 30.7 Å². The number of carbonyl (C=O) groups excluding carboxylic acids is 1. The molecule has 0 bridgehead atoms. The van der Waals surface area contributed by atoms with Gasteiger partial charge in [-0.25, -0.2) is 0 Å². The Kier molecular flexibility index (Phi) is 6.38. The van der Waals surface area contributed by atoms with Crippen LogP contribution in [0.2, 0.25) is 0 Å². The first-order valence-electron chi connectivity index (χ1n) is 6.04. The monoisotopic (exact) mass is 267 g/mol. The van der Waals surface area contributed by atoms with E-state index in [2.05, 4.69) is 0 Å². The molecule has 0 aromatic heterocycles. The van der Waals surface area contributed by atoms with Crippen molar-refractivity contribution in [1.29, 1.82) is 0 Å². The minimum absolute atomic E-state index is 0.130. The zero-order valence-corrected chi connectivity index (χ0v) is 10.5. The van der Waals surface area contributed by atoms with Crippen molar-refractivity contribution in [1.82, 2.24) is 0 Å². The van der Waals surface area contributed by atoms with Gasteiger partial charge >= 0.3 is 11.9 Å². The van der Waals surface area contributed by atoms with Crippen LogP contribution in [0.3, 0.4) is 0 Å². The summed E-state index contributed by atoms with van der Waals surface area (Å²) < 4.78 is 5.08. The Bertz CT molecular complexity index is 416. The number of hydrogen-bond donors (Lipinski definition) is 3. The molecule has 3 N–H and O–H groups in total. The number of carboxylic acid groups (broad SMARTS) is 1. The van der Waals surface area contributed by atoms with Crippen LogP contribution in [0.15, 0.2) is 24.3 Å². The van der Waals surface area contributed by atoms with Gasteiger partial charge in [0.05, 0.1) is 5.69 Å². The van der Waals surface area contributed by atoms with Crippen molar-refractivity contribution >= 4 is 17.6 Å². The third kappa shape index (κ3) is 6.42. The fourth-order valence-corrected chi connectivity index (χ4v) is 1.50. The van der Waals surface area contributed by atoms with E-state index < -0.39 is 5.97 Å². The van der Waals surface area contributed by atoms with Crippen LogP contribution in [0, 0.1) is 0 Å². The maximum Gasteiger partial charge on any atom is 0.311 e. The predicted molar refractivity (Wildman–Crippen MR) is 68.2 cm³/mol. The molecule has 0 amide bonds. The zero-order chi connectivity index (χ0) is 14.1. The highest BCUT2D eigenvalue weighted by atomic mass is 16.5. The number of anilines is 1. The van der Waals surface area contributed by atoms with Gasteiger partial charge in [-0.05, 0) is 37.1 Å². The molecule has 0 spiro atoms. The summed E-state index contributed by atoms with van der Waals surface area (Å²) in [5.41, 5.74) is 2.48. The summed E-state index contributed by atoms with van der Waals surface area (Å²) >= 11 is 0. The van der Waals surface area contributed by atoms with Crippen molar-refractivity contribution in [2.24, 2.45) is 0 Å². The molecule has 6 nitrogen and oxygen atoms in total. The maximum atomic E-state index is 11.5. The molecule has 1 rings (SSSR count). The molecule has 6 heteroatoms. The fraction of sp³-hybridized carbons (Fsp3) is 0.385. The van der Waals surface area contributed by atoms with Gasteiger partial charge in [-0.15, -0.1) is 0 Å². The molecule has 0 saturated carbocycles. The van der Waals surface area contributed by atoms with Crippen molar-refractivity contribution in [3.05, 3.63) is 24.3 Å². The summed E-state index contributed by atoms with van der Waals surface area (Å²) in [6.07, 6.45) is 2.26. The van der Waals surface area contributed by atoms with Crippen molar-refractivity contribution in [2.75, 3.05) is 5.48 Å². The van der Waals surface area contributed by atoms with Crippen molar-refractivity contribution in [3.8, 4) is 5.75 Å². The molecule has 0 aliphatic carbocycles. The second kappa shape index (κ2) is 8.10. The number of carboxylic acids is 1. The topological polar surface area (TPSA) is 95.9 Å². The fourth-order valence-electron chi connectivity index (χ4n) is 1.50. The van der Waals surface area contributed by atoms with Crippen LogP contribution >= 0.6 is 0 Å². The molecule has 0 unspecified atom stereocenters. The molecule has 1 aromatic carbocycles. The highest BCUT2D eigenvalue weighted by molar-refractivity contribution is 5.72. The van der Waals surface area contributed by atoms with E-state index in [9.17, 15) is 9.59 Å². The van der Waals surface area contributed by atoms with E-state index in [4.69, 9.17) is 15.1 Å². The van der Waals surface area contributed by atoms with Crippen LogP contribution in [-0.2, 0) is 9.59 Å². The molecule has 0 heterocycles. The van der Waals surface area contributed by atoms with Gasteiger partial charge in [0.2, 0.25) is 0 Å². The molecule has 104 valence electrons. The second-order valence-corrected chi connectivity index (χ2v) is 4.06. The van der Waals surface area contributed by atoms with Crippen LogP contribution in [0.25, 0.3) is 0 Å². The first-order valence-corrected chi connectivity index (χ1v) is 6.04. The van der Waals surface area contributed by atoms with Gasteiger partial charge in [0.1, 0.15) is 5.75 Å². The van der Waals surface area contributed by atoms with Crippen molar-refractivity contribution in [3.63, 3.8) is 0 Å². The SMILES string of the molecule is O=C(O)CCCCCC(=O)Oc1ccc(NO)cc1. The highest BCUT2D eigenvalue weighted by Crippen LogP contribution is 2.16. The van der Waals surface area contributed by atoms with Gasteiger partial charge in [0, 0.05) is 12.8 Å². The van der Waals surface area contributed by atoms with E-state index >= 15 is 0 Å². The van der Waals surface area contributed by atoms with E-state index in [0.717, 1.165) is 0 Å². The molecule has 19 heavy (non-hydrogen) atoms. The Balaban J connectivity index is 2.21. The summed E-state index contributed by atoms with van der Waals surface area (Å²) in [6, 6.07) is 6.30. The minimum atomic E-state index is -0.819.